The normalized spacial score (nSPS) is 32.0. The number of likely N-dealkylation sites (N-methyl/N-ethyl adjacent to an activating group) is 1. The van der Waals surface area contributed by atoms with E-state index < -0.39 is 24.1 Å². The van der Waals surface area contributed by atoms with Gasteiger partial charge >= 0.3 is 5.97 Å². The highest BCUT2D eigenvalue weighted by Gasteiger charge is 2.62. The van der Waals surface area contributed by atoms with Gasteiger partial charge in [0.25, 0.3) is 0 Å². The zero-order chi connectivity index (χ0) is 18.5. The summed E-state index contributed by atoms with van der Waals surface area (Å²) in [7, 11) is 3.26. The lowest BCUT2D eigenvalue weighted by Crippen LogP contribution is -2.64. The van der Waals surface area contributed by atoms with Gasteiger partial charge in [-0.2, -0.15) is 0 Å². The maximum Gasteiger partial charge on any atom is 0.352 e. The fourth-order valence-electron chi connectivity index (χ4n) is 4.31. The molecule has 3 rings (SSSR count). The minimum absolute atomic E-state index is 0.0149. The lowest BCUT2D eigenvalue weighted by Gasteiger charge is -2.47. The largest absolute Gasteiger partial charge is 0.477 e. The Morgan fingerprint density at radius 3 is 2.60 bits per heavy atom. The quantitative estimate of drug-likeness (QED) is 0.665. The number of carbonyl (C=O) groups excluding carboxylic acids is 2. The molecule has 1 saturated carbocycles. The van der Waals surface area contributed by atoms with Crippen LogP contribution in [0.15, 0.2) is 11.3 Å². The number of amides is 2. The van der Waals surface area contributed by atoms with Crippen molar-refractivity contribution in [2.45, 2.75) is 44.4 Å². The van der Waals surface area contributed by atoms with E-state index in [0.717, 1.165) is 12.8 Å². The van der Waals surface area contributed by atoms with Crippen LogP contribution < -0.4 is 0 Å². The number of rotatable bonds is 5. The zero-order valence-electron chi connectivity index (χ0n) is 14.6. The molecule has 0 radical (unpaired) electrons. The summed E-state index contributed by atoms with van der Waals surface area (Å²) in [6.45, 7) is 1.43. The van der Waals surface area contributed by atoms with E-state index in [1.807, 2.05) is 0 Å². The van der Waals surface area contributed by atoms with Gasteiger partial charge in [0.15, 0.2) is 0 Å². The van der Waals surface area contributed by atoms with Crippen LogP contribution in [0.2, 0.25) is 0 Å². The maximum absolute atomic E-state index is 12.4. The van der Waals surface area contributed by atoms with Crippen LogP contribution in [0.3, 0.4) is 0 Å². The number of nitrogens with zero attached hydrogens (tertiary/aromatic N) is 2. The van der Waals surface area contributed by atoms with Crippen LogP contribution in [0.25, 0.3) is 0 Å². The summed E-state index contributed by atoms with van der Waals surface area (Å²) in [6.07, 6.45) is 0.900. The van der Waals surface area contributed by atoms with Crippen LogP contribution in [0.1, 0.15) is 26.2 Å². The number of carboxylic acids is 1. The van der Waals surface area contributed by atoms with E-state index in [4.69, 9.17) is 4.74 Å². The predicted molar refractivity (Wildman–Crippen MR) is 86.2 cm³/mol. The first-order valence-corrected chi connectivity index (χ1v) is 8.56. The molecule has 2 N–H and O–H groups in total. The summed E-state index contributed by atoms with van der Waals surface area (Å²) in [4.78, 5) is 38.7. The first-order chi connectivity index (χ1) is 11.8. The Morgan fingerprint density at radius 1 is 1.36 bits per heavy atom. The van der Waals surface area contributed by atoms with Gasteiger partial charge in [-0.3, -0.25) is 9.59 Å². The first-order valence-electron chi connectivity index (χ1n) is 8.56. The SMILES string of the molecule is C[C@@H](O)[C@H]1C(=O)N2C(C(=O)O)=C3[C@@H](OCC(=O)N(C)C)CCC[C@@H]3[C@H]12. The fraction of sp³-hybridized carbons (Fsp3) is 0.706. The highest BCUT2D eigenvalue weighted by molar-refractivity contribution is 6.00. The molecule has 8 nitrogen and oxygen atoms in total. The van der Waals surface area contributed by atoms with Gasteiger partial charge in [0.05, 0.1) is 24.2 Å². The highest BCUT2D eigenvalue weighted by atomic mass is 16.5. The first kappa shape index (κ1) is 17.9. The van der Waals surface area contributed by atoms with Crippen molar-refractivity contribution in [2.75, 3.05) is 20.7 Å². The van der Waals surface area contributed by atoms with E-state index in [2.05, 4.69) is 0 Å². The summed E-state index contributed by atoms with van der Waals surface area (Å²) < 4.78 is 5.74. The number of ether oxygens (including phenoxy) is 1. The third-order valence-electron chi connectivity index (χ3n) is 5.47. The van der Waals surface area contributed by atoms with E-state index in [1.54, 1.807) is 21.0 Å². The molecule has 3 aliphatic rings. The van der Waals surface area contributed by atoms with Crippen LogP contribution in [0.4, 0.5) is 0 Å². The molecule has 8 heteroatoms. The number of aliphatic hydroxyl groups excluding tert-OH is 1. The summed E-state index contributed by atoms with van der Waals surface area (Å²) >= 11 is 0. The Morgan fingerprint density at radius 2 is 2.04 bits per heavy atom. The number of hydrogen-bond acceptors (Lipinski definition) is 5. The highest BCUT2D eigenvalue weighted by Crippen LogP contribution is 2.52. The molecule has 0 bridgehead atoms. The van der Waals surface area contributed by atoms with Crippen molar-refractivity contribution >= 4 is 17.8 Å². The van der Waals surface area contributed by atoms with Gasteiger partial charge in [-0.05, 0) is 31.8 Å². The molecule has 2 heterocycles. The van der Waals surface area contributed by atoms with E-state index in [1.165, 1.54) is 9.80 Å². The van der Waals surface area contributed by atoms with Crippen molar-refractivity contribution in [1.29, 1.82) is 0 Å². The summed E-state index contributed by atoms with van der Waals surface area (Å²) in [6, 6.07) is -0.315. The smallest absolute Gasteiger partial charge is 0.352 e. The van der Waals surface area contributed by atoms with Crippen molar-refractivity contribution in [3.05, 3.63) is 11.3 Å². The Labute approximate surface area is 146 Å². The number of aliphatic hydroxyl groups is 1. The van der Waals surface area contributed by atoms with E-state index >= 15 is 0 Å². The Balaban J connectivity index is 1.89. The maximum atomic E-state index is 12.4. The number of aliphatic carboxylic acids is 1. The van der Waals surface area contributed by atoms with E-state index in [0.29, 0.717) is 12.0 Å². The van der Waals surface area contributed by atoms with Gasteiger partial charge in [0.1, 0.15) is 12.3 Å². The molecule has 0 aromatic heterocycles. The van der Waals surface area contributed by atoms with Gasteiger partial charge in [0, 0.05) is 20.0 Å². The fourth-order valence-corrected chi connectivity index (χ4v) is 4.31. The number of fused-ring (bicyclic) bond motifs is 3. The monoisotopic (exact) mass is 352 g/mol. The lowest BCUT2D eigenvalue weighted by atomic mass is 9.71. The van der Waals surface area contributed by atoms with Gasteiger partial charge in [-0.1, -0.05) is 0 Å². The molecule has 25 heavy (non-hydrogen) atoms. The molecule has 1 aliphatic carbocycles. The number of carboxylic acid groups (broad SMARTS) is 1. The molecule has 1 saturated heterocycles. The van der Waals surface area contributed by atoms with Crippen LogP contribution in [-0.2, 0) is 19.1 Å². The number of β-lactam (4-membered cyclic amide) rings is 1. The van der Waals surface area contributed by atoms with Gasteiger partial charge in [-0.25, -0.2) is 4.79 Å². The van der Waals surface area contributed by atoms with Crippen LogP contribution in [0, 0.1) is 11.8 Å². The van der Waals surface area contributed by atoms with Crippen LogP contribution in [-0.4, -0.2) is 76.7 Å². The van der Waals surface area contributed by atoms with Crippen molar-refractivity contribution in [3.63, 3.8) is 0 Å². The standard InChI is InChI=1S/C17H24N2O6/c1-8(20)12-14-9-5-4-6-10(25-7-11(21)18(2)3)13(9)15(17(23)24)19(14)16(12)22/h8-10,12,14,20H,4-7H2,1-3H3,(H,23,24)/t8-,9+,10+,12-,14-/m1/s1. The van der Waals surface area contributed by atoms with Crippen molar-refractivity contribution in [1.82, 2.24) is 9.80 Å². The topological polar surface area (TPSA) is 107 Å². The molecular formula is C17H24N2O6. The van der Waals surface area contributed by atoms with Crippen molar-refractivity contribution in [3.8, 4) is 0 Å². The molecule has 2 fully saturated rings. The molecule has 5 atom stereocenters. The van der Waals surface area contributed by atoms with Gasteiger partial charge in [0.2, 0.25) is 11.8 Å². The molecule has 2 aliphatic heterocycles. The number of carbonyl (C=O) groups is 3. The lowest BCUT2D eigenvalue weighted by molar-refractivity contribution is -0.163. The minimum atomic E-state index is -1.16. The summed E-state index contributed by atoms with van der Waals surface area (Å²) in [5.74, 6) is -2.40. The second kappa shape index (κ2) is 6.42. The van der Waals surface area contributed by atoms with E-state index in [-0.39, 0.29) is 36.1 Å². The Kier molecular flexibility index (Phi) is 4.59. The molecule has 2 amide bonds. The van der Waals surface area contributed by atoms with E-state index in [9.17, 15) is 24.6 Å². The molecule has 0 unspecified atom stereocenters. The molecule has 0 aromatic rings. The molecule has 0 spiro atoms. The average molecular weight is 352 g/mol. The third-order valence-corrected chi connectivity index (χ3v) is 5.47. The Bertz CT molecular complexity index is 641. The summed E-state index contributed by atoms with van der Waals surface area (Å²) in [5, 5.41) is 19.6. The van der Waals surface area contributed by atoms with Crippen molar-refractivity contribution in [2.24, 2.45) is 11.8 Å². The van der Waals surface area contributed by atoms with Gasteiger partial charge in [-0.15, -0.1) is 0 Å². The summed E-state index contributed by atoms with van der Waals surface area (Å²) in [5.41, 5.74) is 0.589. The molecule has 138 valence electrons. The third kappa shape index (κ3) is 2.73. The average Bonchev–Trinajstić information content (AvgIpc) is 2.83. The zero-order valence-corrected chi connectivity index (χ0v) is 14.6. The number of hydrogen-bond donors (Lipinski definition) is 2. The second-order valence-electron chi connectivity index (χ2n) is 7.20. The molecular weight excluding hydrogens is 328 g/mol. The molecule has 0 aromatic carbocycles. The Hall–Kier alpha value is -1.93. The second-order valence-corrected chi connectivity index (χ2v) is 7.20. The van der Waals surface area contributed by atoms with Crippen LogP contribution >= 0.6 is 0 Å². The minimum Gasteiger partial charge on any atom is -0.477 e. The predicted octanol–water partition coefficient (Wildman–Crippen LogP) is -0.180. The van der Waals surface area contributed by atoms with Gasteiger partial charge < -0.3 is 24.7 Å². The van der Waals surface area contributed by atoms with Crippen molar-refractivity contribution < 1.29 is 29.3 Å². The van der Waals surface area contributed by atoms with Crippen LogP contribution in [0.5, 0.6) is 0 Å².